The SMILES string of the molecule is CC[NH+](CC)CCCn1c(=O)c2cccn2c2nc(OC)ccc21.[Cl-]. The Hall–Kier alpha value is -2.05. The Bertz CT molecular complexity index is 899. The summed E-state index contributed by atoms with van der Waals surface area (Å²) in [6.45, 7) is 8.39. The smallest absolute Gasteiger partial charge is 0.275 e. The molecule has 0 saturated carbocycles. The lowest BCUT2D eigenvalue weighted by molar-refractivity contribution is -0.896. The van der Waals surface area contributed by atoms with Crippen LogP contribution in [0.15, 0.2) is 35.3 Å². The Labute approximate surface area is 153 Å². The predicted molar refractivity (Wildman–Crippen MR) is 95.0 cm³/mol. The lowest BCUT2D eigenvalue weighted by Gasteiger charge is -2.16. The number of aryl methyl sites for hydroxylation is 1. The molecule has 3 aromatic heterocycles. The van der Waals surface area contributed by atoms with Crippen LogP contribution >= 0.6 is 0 Å². The zero-order valence-corrected chi connectivity index (χ0v) is 15.7. The average Bonchev–Trinajstić information content (AvgIpc) is 3.11. The molecule has 0 fully saturated rings. The quantitative estimate of drug-likeness (QED) is 0.526. The van der Waals surface area contributed by atoms with E-state index in [4.69, 9.17) is 4.74 Å². The number of hydrogen-bond acceptors (Lipinski definition) is 3. The molecule has 0 atom stereocenters. The van der Waals surface area contributed by atoms with Crippen molar-refractivity contribution in [1.82, 2.24) is 14.0 Å². The first-order valence-electron chi connectivity index (χ1n) is 8.57. The van der Waals surface area contributed by atoms with Crippen molar-refractivity contribution in [2.24, 2.45) is 0 Å². The highest BCUT2D eigenvalue weighted by Crippen LogP contribution is 2.17. The summed E-state index contributed by atoms with van der Waals surface area (Å²) in [4.78, 5) is 18.9. The number of aromatic nitrogens is 3. The highest BCUT2D eigenvalue weighted by Gasteiger charge is 2.13. The van der Waals surface area contributed by atoms with Gasteiger partial charge in [-0.25, -0.2) is 0 Å². The van der Waals surface area contributed by atoms with Gasteiger partial charge in [0, 0.05) is 25.2 Å². The van der Waals surface area contributed by atoms with Crippen LogP contribution in [0.5, 0.6) is 5.88 Å². The Morgan fingerprint density at radius 3 is 2.60 bits per heavy atom. The maximum absolute atomic E-state index is 12.8. The van der Waals surface area contributed by atoms with Gasteiger partial charge in [-0.2, -0.15) is 4.98 Å². The van der Waals surface area contributed by atoms with E-state index in [0.717, 1.165) is 37.2 Å². The van der Waals surface area contributed by atoms with E-state index >= 15 is 0 Å². The third kappa shape index (κ3) is 3.65. The van der Waals surface area contributed by atoms with Crippen LogP contribution in [0.2, 0.25) is 0 Å². The maximum atomic E-state index is 12.8. The minimum Gasteiger partial charge on any atom is -1.00 e. The van der Waals surface area contributed by atoms with Gasteiger partial charge >= 0.3 is 0 Å². The molecule has 0 aromatic carbocycles. The topological polar surface area (TPSA) is 53.0 Å². The van der Waals surface area contributed by atoms with Crippen LogP contribution in [0.4, 0.5) is 0 Å². The second-order valence-corrected chi connectivity index (χ2v) is 5.98. The lowest BCUT2D eigenvalue weighted by atomic mass is 10.3. The summed E-state index contributed by atoms with van der Waals surface area (Å²) in [5.41, 5.74) is 2.29. The fourth-order valence-corrected chi connectivity index (χ4v) is 3.23. The van der Waals surface area contributed by atoms with E-state index in [1.54, 1.807) is 12.0 Å². The summed E-state index contributed by atoms with van der Waals surface area (Å²) in [6, 6.07) is 7.45. The van der Waals surface area contributed by atoms with Crippen molar-refractivity contribution >= 4 is 16.7 Å². The largest absolute Gasteiger partial charge is 1.00 e. The van der Waals surface area contributed by atoms with Crippen molar-refractivity contribution in [3.05, 3.63) is 40.8 Å². The van der Waals surface area contributed by atoms with Crippen LogP contribution in [-0.4, -0.2) is 40.7 Å². The Balaban J connectivity index is 0.00000225. The molecule has 25 heavy (non-hydrogen) atoms. The monoisotopic (exact) mass is 364 g/mol. The summed E-state index contributed by atoms with van der Waals surface area (Å²) in [5.74, 6) is 0.551. The van der Waals surface area contributed by atoms with Crippen LogP contribution in [0.3, 0.4) is 0 Å². The van der Waals surface area contributed by atoms with Crippen LogP contribution in [0.25, 0.3) is 16.7 Å². The number of rotatable bonds is 7. The zero-order chi connectivity index (χ0) is 17.1. The van der Waals surface area contributed by atoms with E-state index in [2.05, 4.69) is 18.8 Å². The molecule has 0 radical (unpaired) electrons. The molecule has 7 heteroatoms. The molecule has 0 aliphatic rings. The molecule has 0 bridgehead atoms. The van der Waals surface area contributed by atoms with Gasteiger partial charge in [0.2, 0.25) is 5.88 Å². The highest BCUT2D eigenvalue weighted by atomic mass is 35.5. The second-order valence-electron chi connectivity index (χ2n) is 5.98. The number of pyridine rings is 1. The molecule has 0 amide bonds. The van der Waals surface area contributed by atoms with Crippen molar-refractivity contribution in [3.8, 4) is 5.88 Å². The maximum Gasteiger partial charge on any atom is 0.275 e. The van der Waals surface area contributed by atoms with Gasteiger partial charge in [-0.1, -0.05) is 0 Å². The van der Waals surface area contributed by atoms with Crippen molar-refractivity contribution < 1.29 is 22.0 Å². The number of methoxy groups -OCH3 is 1. The standard InChI is InChI=1S/C18H24N4O2.ClH/c1-4-20(5-2)11-7-13-22-14-9-10-16(24-3)19-17(14)21-12-6-8-15(21)18(22)23;/h6,8-10,12H,4-5,7,11,13H2,1-3H3;1H. The first kappa shape index (κ1) is 19.3. The molecule has 3 rings (SSSR count). The summed E-state index contributed by atoms with van der Waals surface area (Å²) in [5, 5.41) is 0. The second kappa shape index (κ2) is 8.36. The van der Waals surface area contributed by atoms with Crippen LogP contribution in [0, 0.1) is 0 Å². The van der Waals surface area contributed by atoms with E-state index in [0.29, 0.717) is 17.9 Å². The fraction of sp³-hybridized carbons (Fsp3) is 0.444. The molecule has 0 spiro atoms. The molecule has 3 aromatic rings. The molecular weight excluding hydrogens is 340 g/mol. The summed E-state index contributed by atoms with van der Waals surface area (Å²) < 4.78 is 8.93. The Morgan fingerprint density at radius 1 is 1.16 bits per heavy atom. The molecule has 0 aliphatic heterocycles. The molecule has 0 saturated heterocycles. The molecular formula is C18H25ClN4O2. The van der Waals surface area contributed by atoms with Gasteiger partial charge < -0.3 is 26.6 Å². The molecule has 1 N–H and O–H groups in total. The minimum absolute atomic E-state index is 0. The summed E-state index contributed by atoms with van der Waals surface area (Å²) in [6.07, 6.45) is 2.84. The molecule has 136 valence electrons. The predicted octanol–water partition coefficient (Wildman–Crippen LogP) is -2.02. The molecule has 0 unspecified atom stereocenters. The van der Waals surface area contributed by atoms with E-state index in [9.17, 15) is 4.79 Å². The first-order valence-corrected chi connectivity index (χ1v) is 8.57. The van der Waals surface area contributed by atoms with Crippen LogP contribution in [-0.2, 0) is 6.54 Å². The number of nitrogens with one attached hydrogen (secondary N) is 1. The summed E-state index contributed by atoms with van der Waals surface area (Å²) >= 11 is 0. The molecule has 6 nitrogen and oxygen atoms in total. The van der Waals surface area contributed by atoms with Crippen molar-refractivity contribution in [1.29, 1.82) is 0 Å². The number of fused-ring (bicyclic) bond motifs is 3. The summed E-state index contributed by atoms with van der Waals surface area (Å²) in [7, 11) is 1.60. The van der Waals surface area contributed by atoms with Crippen LogP contribution in [0.1, 0.15) is 20.3 Å². The fourth-order valence-electron chi connectivity index (χ4n) is 3.23. The van der Waals surface area contributed by atoms with Crippen molar-refractivity contribution in [2.75, 3.05) is 26.7 Å². The van der Waals surface area contributed by atoms with Gasteiger partial charge in [0.05, 0.1) is 32.3 Å². The van der Waals surface area contributed by atoms with Gasteiger partial charge in [0.25, 0.3) is 5.56 Å². The Morgan fingerprint density at radius 2 is 1.92 bits per heavy atom. The van der Waals surface area contributed by atoms with Gasteiger partial charge in [-0.05, 0) is 32.0 Å². The Kier molecular flexibility index (Phi) is 6.45. The third-order valence-electron chi connectivity index (χ3n) is 4.68. The minimum atomic E-state index is 0. The molecule has 3 heterocycles. The number of nitrogens with zero attached hydrogens (tertiary/aromatic N) is 3. The van der Waals surface area contributed by atoms with Gasteiger partial charge in [0.1, 0.15) is 5.52 Å². The lowest BCUT2D eigenvalue weighted by Crippen LogP contribution is -3.11. The van der Waals surface area contributed by atoms with Gasteiger partial charge in [0.15, 0.2) is 5.65 Å². The van der Waals surface area contributed by atoms with E-state index in [-0.39, 0.29) is 18.0 Å². The van der Waals surface area contributed by atoms with Crippen molar-refractivity contribution in [2.45, 2.75) is 26.8 Å². The highest BCUT2D eigenvalue weighted by molar-refractivity contribution is 5.75. The number of hydrogen-bond donors (Lipinski definition) is 1. The number of quaternary nitrogens is 1. The molecule has 0 aliphatic carbocycles. The number of ether oxygens (including phenoxy) is 1. The zero-order valence-electron chi connectivity index (χ0n) is 15.0. The van der Waals surface area contributed by atoms with E-state index in [1.165, 1.54) is 0 Å². The third-order valence-corrected chi connectivity index (χ3v) is 4.68. The van der Waals surface area contributed by atoms with Gasteiger partial charge in [-0.3, -0.25) is 9.20 Å². The van der Waals surface area contributed by atoms with Crippen molar-refractivity contribution in [3.63, 3.8) is 0 Å². The normalized spacial score (nSPS) is 11.2. The average molecular weight is 365 g/mol. The van der Waals surface area contributed by atoms with E-state index < -0.39 is 0 Å². The van der Waals surface area contributed by atoms with Gasteiger partial charge in [-0.15, -0.1) is 0 Å². The number of halogens is 1. The van der Waals surface area contributed by atoms with Crippen LogP contribution < -0.4 is 27.6 Å². The van der Waals surface area contributed by atoms with E-state index in [1.807, 2.05) is 39.4 Å². The first-order chi connectivity index (χ1) is 11.7.